The number of nitrogens with two attached hydrogens (primary N) is 1. The number of aryl methyl sites for hydroxylation is 1. The molecule has 2 aromatic carbocycles. The molecule has 0 aromatic heterocycles. The molecule has 9 heteroatoms. The first-order chi connectivity index (χ1) is 13.7. The summed E-state index contributed by atoms with van der Waals surface area (Å²) in [7, 11) is -3.80. The van der Waals surface area contributed by atoms with E-state index < -0.39 is 10.0 Å². The highest BCUT2D eigenvalue weighted by Crippen LogP contribution is 2.26. The van der Waals surface area contributed by atoms with E-state index in [1.54, 1.807) is 17.0 Å². The van der Waals surface area contributed by atoms with Gasteiger partial charge in [0.2, 0.25) is 5.91 Å². The number of halogens is 1. The largest absolute Gasteiger partial charge is 0.369 e. The zero-order chi connectivity index (χ0) is 21.2. The predicted molar refractivity (Wildman–Crippen MR) is 111 cm³/mol. The summed E-state index contributed by atoms with van der Waals surface area (Å²) in [4.78, 5) is 25.9. The van der Waals surface area contributed by atoms with Crippen LogP contribution in [0.1, 0.15) is 28.8 Å². The predicted octanol–water partition coefficient (Wildman–Crippen LogP) is 2.79. The van der Waals surface area contributed by atoms with Crippen LogP contribution in [0.25, 0.3) is 0 Å². The fourth-order valence-electron chi connectivity index (χ4n) is 3.22. The number of hydrogen-bond acceptors (Lipinski definition) is 4. The molecular formula is C20H22ClN3O4S. The maximum absolute atomic E-state index is 12.9. The smallest absolute Gasteiger partial charge is 0.261 e. The molecule has 0 bridgehead atoms. The molecule has 2 aromatic rings. The van der Waals surface area contributed by atoms with Gasteiger partial charge in [-0.25, -0.2) is 8.42 Å². The normalized spacial score (nSPS) is 15.2. The average Bonchev–Trinajstić information content (AvgIpc) is 2.69. The molecule has 0 unspecified atom stereocenters. The van der Waals surface area contributed by atoms with Gasteiger partial charge in [-0.3, -0.25) is 14.3 Å². The van der Waals surface area contributed by atoms with Gasteiger partial charge in [0.05, 0.1) is 15.5 Å². The van der Waals surface area contributed by atoms with Crippen molar-refractivity contribution in [2.45, 2.75) is 24.7 Å². The second-order valence-corrected chi connectivity index (χ2v) is 9.17. The number of nitrogens with zero attached hydrogens (tertiary/aromatic N) is 1. The third-order valence-corrected chi connectivity index (χ3v) is 6.69. The van der Waals surface area contributed by atoms with Crippen LogP contribution < -0.4 is 10.5 Å². The first-order valence-electron chi connectivity index (χ1n) is 9.15. The van der Waals surface area contributed by atoms with E-state index in [2.05, 4.69) is 4.72 Å². The van der Waals surface area contributed by atoms with Crippen molar-refractivity contribution in [2.75, 3.05) is 17.8 Å². The molecule has 3 N–H and O–H groups in total. The number of carbonyl (C=O) groups excluding carboxylic acids is 2. The van der Waals surface area contributed by atoms with Crippen LogP contribution >= 0.6 is 11.6 Å². The molecular weight excluding hydrogens is 414 g/mol. The number of likely N-dealkylation sites (tertiary alicyclic amines) is 1. The molecule has 0 saturated carbocycles. The fourth-order valence-corrected chi connectivity index (χ4v) is 4.47. The Bertz CT molecular complexity index is 1030. The van der Waals surface area contributed by atoms with Gasteiger partial charge in [-0.1, -0.05) is 29.3 Å². The summed E-state index contributed by atoms with van der Waals surface area (Å²) >= 11 is 6.20. The molecule has 1 aliphatic rings. The lowest BCUT2D eigenvalue weighted by atomic mass is 9.96. The molecule has 29 heavy (non-hydrogen) atoms. The maximum atomic E-state index is 12.9. The Kier molecular flexibility index (Phi) is 6.14. The summed E-state index contributed by atoms with van der Waals surface area (Å²) in [6.45, 7) is 2.65. The molecule has 1 fully saturated rings. The summed E-state index contributed by atoms with van der Waals surface area (Å²) < 4.78 is 27.7. The van der Waals surface area contributed by atoms with Gasteiger partial charge in [0, 0.05) is 24.7 Å². The topological polar surface area (TPSA) is 110 Å². The molecule has 0 spiro atoms. The van der Waals surface area contributed by atoms with Crippen LogP contribution in [-0.4, -0.2) is 38.2 Å². The third-order valence-electron chi connectivity index (χ3n) is 4.96. The van der Waals surface area contributed by atoms with Crippen molar-refractivity contribution in [3.63, 3.8) is 0 Å². The van der Waals surface area contributed by atoms with Crippen molar-refractivity contribution >= 4 is 39.1 Å². The van der Waals surface area contributed by atoms with Crippen LogP contribution in [0.4, 0.5) is 5.69 Å². The molecule has 0 atom stereocenters. The Morgan fingerprint density at radius 1 is 1.10 bits per heavy atom. The molecule has 7 nitrogen and oxygen atoms in total. The Hall–Kier alpha value is -2.58. The Morgan fingerprint density at radius 3 is 2.31 bits per heavy atom. The number of piperidine rings is 1. The first kappa shape index (κ1) is 21.1. The van der Waals surface area contributed by atoms with Gasteiger partial charge in [-0.2, -0.15) is 0 Å². The van der Waals surface area contributed by atoms with Crippen LogP contribution in [-0.2, 0) is 14.8 Å². The van der Waals surface area contributed by atoms with Crippen LogP contribution in [0.3, 0.4) is 0 Å². The fraction of sp³-hybridized carbons (Fsp3) is 0.300. The minimum Gasteiger partial charge on any atom is -0.369 e. The SMILES string of the molecule is Cc1ccc(S(=O)(=O)Nc2ccc(Cl)c(C(=O)N3CCC(C(N)=O)CC3)c2)cc1. The first-order valence-corrected chi connectivity index (χ1v) is 11.0. The molecule has 154 valence electrons. The molecule has 3 rings (SSSR count). The van der Waals surface area contributed by atoms with Gasteiger partial charge >= 0.3 is 0 Å². The van der Waals surface area contributed by atoms with Crippen LogP contribution in [0.5, 0.6) is 0 Å². The number of primary amides is 1. The van der Waals surface area contributed by atoms with Gasteiger partial charge in [0.15, 0.2) is 0 Å². The van der Waals surface area contributed by atoms with E-state index in [0.717, 1.165) is 5.56 Å². The summed E-state index contributed by atoms with van der Waals surface area (Å²) in [6.07, 6.45) is 0.997. The lowest BCUT2D eigenvalue weighted by Crippen LogP contribution is -2.41. The average molecular weight is 436 g/mol. The minimum atomic E-state index is -3.80. The number of anilines is 1. The quantitative estimate of drug-likeness (QED) is 0.752. The maximum Gasteiger partial charge on any atom is 0.261 e. The van der Waals surface area contributed by atoms with Crippen LogP contribution in [0.2, 0.25) is 5.02 Å². The van der Waals surface area contributed by atoms with Crippen molar-refractivity contribution < 1.29 is 18.0 Å². The molecule has 1 saturated heterocycles. The second-order valence-electron chi connectivity index (χ2n) is 7.08. The Labute approximate surface area is 174 Å². The number of benzene rings is 2. The second kappa shape index (κ2) is 8.42. The minimum absolute atomic E-state index is 0.124. The van der Waals surface area contributed by atoms with Crippen LogP contribution in [0.15, 0.2) is 47.4 Å². The van der Waals surface area contributed by atoms with Crippen molar-refractivity contribution in [3.05, 3.63) is 58.6 Å². The summed E-state index contributed by atoms with van der Waals surface area (Å²) in [5.74, 6) is -0.904. The van der Waals surface area contributed by atoms with E-state index in [9.17, 15) is 18.0 Å². The third kappa shape index (κ3) is 4.89. The molecule has 1 heterocycles. The standard InChI is InChI=1S/C20H22ClN3O4S/c1-13-2-5-16(6-3-13)29(27,28)23-15-4-7-18(21)17(12-15)20(26)24-10-8-14(9-11-24)19(22)25/h2-7,12,14,23H,8-11H2,1H3,(H2,22,25). The lowest BCUT2D eigenvalue weighted by molar-refractivity contribution is -0.123. The van der Waals surface area contributed by atoms with E-state index in [4.69, 9.17) is 17.3 Å². The number of carbonyl (C=O) groups is 2. The molecule has 0 aliphatic carbocycles. The van der Waals surface area contributed by atoms with Crippen molar-refractivity contribution in [2.24, 2.45) is 11.7 Å². The number of amides is 2. The zero-order valence-electron chi connectivity index (χ0n) is 15.9. The number of nitrogens with one attached hydrogen (secondary N) is 1. The van der Waals surface area contributed by atoms with Gasteiger partial charge < -0.3 is 10.6 Å². The summed E-state index contributed by atoms with van der Waals surface area (Å²) in [5.41, 5.74) is 6.72. The van der Waals surface area contributed by atoms with Gasteiger partial charge in [-0.15, -0.1) is 0 Å². The molecule has 2 amide bonds. The Balaban J connectivity index is 1.78. The van der Waals surface area contributed by atoms with Gasteiger partial charge in [0.1, 0.15) is 0 Å². The van der Waals surface area contributed by atoms with E-state index in [1.807, 2.05) is 6.92 Å². The van der Waals surface area contributed by atoms with E-state index in [0.29, 0.717) is 25.9 Å². The van der Waals surface area contributed by atoms with Crippen LogP contribution in [0, 0.1) is 12.8 Å². The van der Waals surface area contributed by atoms with Crippen molar-refractivity contribution in [1.82, 2.24) is 4.90 Å². The monoisotopic (exact) mass is 435 g/mol. The summed E-state index contributed by atoms with van der Waals surface area (Å²) in [6, 6.07) is 10.9. The highest BCUT2D eigenvalue weighted by atomic mass is 35.5. The van der Waals surface area contributed by atoms with Crippen molar-refractivity contribution in [1.29, 1.82) is 0 Å². The van der Waals surface area contributed by atoms with E-state index >= 15 is 0 Å². The van der Waals surface area contributed by atoms with Crippen molar-refractivity contribution in [3.8, 4) is 0 Å². The molecule has 1 aliphatic heterocycles. The lowest BCUT2D eigenvalue weighted by Gasteiger charge is -2.31. The van der Waals surface area contributed by atoms with Gasteiger partial charge in [-0.05, 0) is 50.1 Å². The highest BCUT2D eigenvalue weighted by Gasteiger charge is 2.27. The van der Waals surface area contributed by atoms with Gasteiger partial charge in [0.25, 0.3) is 15.9 Å². The zero-order valence-corrected chi connectivity index (χ0v) is 17.5. The van der Waals surface area contributed by atoms with E-state index in [-0.39, 0.29) is 38.9 Å². The summed E-state index contributed by atoms with van der Waals surface area (Å²) in [5, 5.41) is 0.227. The Morgan fingerprint density at radius 2 is 1.72 bits per heavy atom. The highest BCUT2D eigenvalue weighted by molar-refractivity contribution is 7.92. The molecule has 0 radical (unpaired) electrons. The number of hydrogen-bond donors (Lipinski definition) is 2. The van der Waals surface area contributed by atoms with E-state index in [1.165, 1.54) is 30.3 Å². The number of rotatable bonds is 5. The number of sulfonamides is 1.